The van der Waals surface area contributed by atoms with Crippen LogP contribution in [0.3, 0.4) is 0 Å². The Kier molecular flexibility index (Phi) is 7.12. The maximum absolute atomic E-state index is 10.1. The van der Waals surface area contributed by atoms with Crippen LogP contribution < -0.4 is 4.74 Å². The third kappa shape index (κ3) is 5.21. The fourth-order valence-electron chi connectivity index (χ4n) is 1.54. The zero-order valence-electron chi connectivity index (χ0n) is 11.1. The predicted octanol–water partition coefficient (Wildman–Crippen LogP) is 3.89. The summed E-state index contributed by atoms with van der Waals surface area (Å²) in [4.78, 5) is 0. The molecule has 0 aliphatic heterocycles. The second kappa shape index (κ2) is 8.08. The maximum atomic E-state index is 10.1. The average Bonchev–Trinajstić information content (AvgIpc) is 2.38. The summed E-state index contributed by atoms with van der Waals surface area (Å²) in [7, 11) is 1.65. The van der Waals surface area contributed by atoms with E-state index in [1.165, 1.54) is 0 Å². The normalized spacial score (nSPS) is 14.3. The SMILES string of the molecule is CCC(C)SCC(O)Cc1cc(OC)ccc1Br. The van der Waals surface area contributed by atoms with Crippen LogP contribution in [-0.2, 0) is 6.42 Å². The summed E-state index contributed by atoms with van der Waals surface area (Å²) in [5.41, 5.74) is 1.09. The predicted molar refractivity (Wildman–Crippen MR) is 82.6 cm³/mol. The first-order chi connectivity index (χ1) is 8.56. The fourth-order valence-corrected chi connectivity index (χ4v) is 2.85. The van der Waals surface area contributed by atoms with E-state index in [-0.39, 0.29) is 6.10 Å². The van der Waals surface area contributed by atoms with E-state index < -0.39 is 0 Å². The van der Waals surface area contributed by atoms with E-state index >= 15 is 0 Å². The molecule has 2 unspecified atom stereocenters. The molecule has 0 spiro atoms. The fraction of sp³-hybridized carbons (Fsp3) is 0.571. The first-order valence-electron chi connectivity index (χ1n) is 6.18. The van der Waals surface area contributed by atoms with E-state index in [2.05, 4.69) is 29.8 Å². The summed E-state index contributed by atoms with van der Waals surface area (Å²) < 4.78 is 6.22. The van der Waals surface area contributed by atoms with Gasteiger partial charge in [0, 0.05) is 21.9 Å². The molecule has 0 saturated heterocycles. The number of halogens is 1. The lowest BCUT2D eigenvalue weighted by Gasteiger charge is -2.15. The second-order valence-electron chi connectivity index (χ2n) is 4.37. The van der Waals surface area contributed by atoms with E-state index in [1.54, 1.807) is 7.11 Å². The highest BCUT2D eigenvalue weighted by molar-refractivity contribution is 9.10. The van der Waals surface area contributed by atoms with E-state index in [1.807, 2.05) is 30.0 Å². The number of ether oxygens (including phenoxy) is 1. The van der Waals surface area contributed by atoms with Gasteiger partial charge in [-0.25, -0.2) is 0 Å². The Bertz CT molecular complexity index is 371. The molecule has 0 aliphatic carbocycles. The molecule has 18 heavy (non-hydrogen) atoms. The highest BCUT2D eigenvalue weighted by Crippen LogP contribution is 2.25. The van der Waals surface area contributed by atoms with Crippen molar-refractivity contribution < 1.29 is 9.84 Å². The number of hydrogen-bond donors (Lipinski definition) is 1. The summed E-state index contributed by atoms with van der Waals surface area (Å²) in [5.74, 6) is 1.61. The van der Waals surface area contributed by atoms with Crippen molar-refractivity contribution in [2.45, 2.75) is 38.0 Å². The van der Waals surface area contributed by atoms with Crippen LogP contribution in [0.1, 0.15) is 25.8 Å². The van der Waals surface area contributed by atoms with Crippen LogP contribution in [0, 0.1) is 0 Å². The van der Waals surface area contributed by atoms with Crippen molar-refractivity contribution >= 4 is 27.7 Å². The minimum absolute atomic E-state index is 0.313. The van der Waals surface area contributed by atoms with Crippen LogP contribution >= 0.6 is 27.7 Å². The van der Waals surface area contributed by atoms with Crippen LogP contribution in [0.25, 0.3) is 0 Å². The van der Waals surface area contributed by atoms with E-state index in [0.717, 1.165) is 28.0 Å². The number of methoxy groups -OCH3 is 1. The molecule has 0 aromatic heterocycles. The van der Waals surface area contributed by atoms with Crippen LogP contribution in [0.4, 0.5) is 0 Å². The molecular formula is C14H21BrO2S. The molecule has 1 rings (SSSR count). The van der Waals surface area contributed by atoms with Gasteiger partial charge in [-0.05, 0) is 30.2 Å². The lowest BCUT2D eigenvalue weighted by Crippen LogP contribution is -2.15. The summed E-state index contributed by atoms with van der Waals surface area (Å²) in [6, 6.07) is 5.85. The molecule has 1 aromatic carbocycles. The number of aliphatic hydroxyl groups excluding tert-OH is 1. The molecule has 0 fully saturated rings. The van der Waals surface area contributed by atoms with Gasteiger partial charge in [-0.1, -0.05) is 29.8 Å². The lowest BCUT2D eigenvalue weighted by molar-refractivity contribution is 0.199. The highest BCUT2D eigenvalue weighted by Gasteiger charge is 2.11. The largest absolute Gasteiger partial charge is 0.497 e. The van der Waals surface area contributed by atoms with Gasteiger partial charge >= 0.3 is 0 Å². The molecule has 4 heteroatoms. The van der Waals surface area contributed by atoms with Crippen LogP contribution in [0.5, 0.6) is 5.75 Å². The quantitative estimate of drug-likeness (QED) is 0.821. The first kappa shape index (κ1) is 15.9. The number of benzene rings is 1. The molecule has 1 N–H and O–H groups in total. The third-order valence-corrected chi connectivity index (χ3v) is 5.11. The molecular weight excluding hydrogens is 312 g/mol. The molecule has 0 saturated carbocycles. The molecule has 0 bridgehead atoms. The summed E-state index contributed by atoms with van der Waals surface area (Å²) in [6.45, 7) is 4.36. The Morgan fingerprint density at radius 2 is 2.17 bits per heavy atom. The number of hydrogen-bond acceptors (Lipinski definition) is 3. The smallest absolute Gasteiger partial charge is 0.119 e. The Labute approximate surface area is 122 Å². The van der Waals surface area contributed by atoms with Gasteiger partial charge in [0.25, 0.3) is 0 Å². The zero-order chi connectivity index (χ0) is 13.5. The highest BCUT2D eigenvalue weighted by atomic mass is 79.9. The number of thioether (sulfide) groups is 1. The average molecular weight is 333 g/mol. The van der Waals surface area contributed by atoms with Crippen molar-refractivity contribution in [1.82, 2.24) is 0 Å². The van der Waals surface area contributed by atoms with Crippen molar-refractivity contribution in [3.63, 3.8) is 0 Å². The zero-order valence-corrected chi connectivity index (χ0v) is 13.6. The summed E-state index contributed by atoms with van der Waals surface area (Å²) in [5, 5.41) is 10.7. The molecule has 0 radical (unpaired) electrons. The van der Waals surface area contributed by atoms with Crippen molar-refractivity contribution in [2.24, 2.45) is 0 Å². The summed E-state index contributed by atoms with van der Waals surface area (Å²) >= 11 is 5.33. The number of aliphatic hydroxyl groups is 1. The van der Waals surface area contributed by atoms with Crippen LogP contribution in [-0.4, -0.2) is 29.3 Å². The molecule has 0 aliphatic rings. The molecule has 0 heterocycles. The standard InChI is InChI=1S/C14H21BrO2S/c1-4-10(2)18-9-12(16)7-11-8-13(17-3)5-6-14(11)15/h5-6,8,10,12,16H,4,7,9H2,1-3H3. The lowest BCUT2D eigenvalue weighted by atomic mass is 10.1. The van der Waals surface area contributed by atoms with Crippen molar-refractivity contribution in [3.8, 4) is 5.75 Å². The number of rotatable bonds is 7. The Morgan fingerprint density at radius 3 is 2.78 bits per heavy atom. The molecule has 2 nitrogen and oxygen atoms in total. The van der Waals surface area contributed by atoms with Crippen molar-refractivity contribution in [3.05, 3.63) is 28.2 Å². The third-order valence-electron chi connectivity index (χ3n) is 2.86. The second-order valence-corrected chi connectivity index (χ2v) is 6.69. The Hall–Kier alpha value is -0.190. The minimum atomic E-state index is -0.313. The van der Waals surface area contributed by atoms with Gasteiger partial charge in [0.1, 0.15) is 5.75 Å². The Morgan fingerprint density at radius 1 is 1.44 bits per heavy atom. The van der Waals surface area contributed by atoms with Gasteiger partial charge in [-0.3, -0.25) is 0 Å². The van der Waals surface area contributed by atoms with Gasteiger partial charge in [-0.2, -0.15) is 11.8 Å². The molecule has 102 valence electrons. The first-order valence-corrected chi connectivity index (χ1v) is 8.03. The van der Waals surface area contributed by atoms with E-state index in [0.29, 0.717) is 11.7 Å². The topological polar surface area (TPSA) is 29.5 Å². The monoisotopic (exact) mass is 332 g/mol. The summed E-state index contributed by atoms with van der Waals surface area (Å²) in [6.07, 6.45) is 1.48. The van der Waals surface area contributed by atoms with Crippen molar-refractivity contribution in [2.75, 3.05) is 12.9 Å². The molecule has 1 aromatic rings. The minimum Gasteiger partial charge on any atom is -0.497 e. The van der Waals surface area contributed by atoms with Crippen LogP contribution in [0.2, 0.25) is 0 Å². The van der Waals surface area contributed by atoms with Gasteiger partial charge in [0.2, 0.25) is 0 Å². The van der Waals surface area contributed by atoms with E-state index in [4.69, 9.17) is 4.74 Å². The van der Waals surface area contributed by atoms with Crippen molar-refractivity contribution in [1.29, 1.82) is 0 Å². The maximum Gasteiger partial charge on any atom is 0.119 e. The Balaban J connectivity index is 2.55. The van der Waals surface area contributed by atoms with Crippen LogP contribution in [0.15, 0.2) is 22.7 Å². The molecule has 2 atom stereocenters. The van der Waals surface area contributed by atoms with Gasteiger partial charge in [0.15, 0.2) is 0 Å². The van der Waals surface area contributed by atoms with E-state index in [9.17, 15) is 5.11 Å². The van der Waals surface area contributed by atoms with Gasteiger partial charge in [0.05, 0.1) is 13.2 Å². The van der Waals surface area contributed by atoms with Gasteiger partial charge in [-0.15, -0.1) is 0 Å². The molecule has 0 amide bonds. The van der Waals surface area contributed by atoms with Gasteiger partial charge < -0.3 is 9.84 Å².